The smallest absolute Gasteiger partial charge is 0.178 e. The summed E-state index contributed by atoms with van der Waals surface area (Å²) in [6.45, 7) is 3.41. The molecule has 2 rings (SSSR count). The number of nitrogens with zero attached hydrogens (tertiary/aromatic N) is 1. The summed E-state index contributed by atoms with van der Waals surface area (Å²) in [5, 5.41) is 0.829. The van der Waals surface area contributed by atoms with Crippen molar-refractivity contribution in [1.82, 2.24) is 4.98 Å². The first-order valence-corrected chi connectivity index (χ1v) is 4.04. The molecule has 0 saturated heterocycles. The van der Waals surface area contributed by atoms with E-state index in [1.807, 2.05) is 6.92 Å². The van der Waals surface area contributed by atoms with Gasteiger partial charge in [0.2, 0.25) is 0 Å². The summed E-state index contributed by atoms with van der Waals surface area (Å²) in [5.74, 6) is -0.0323. The van der Waals surface area contributed by atoms with Gasteiger partial charge < -0.3 is 4.42 Å². The predicted molar refractivity (Wildman–Crippen MR) is 48.8 cm³/mol. The van der Waals surface area contributed by atoms with Gasteiger partial charge in [-0.25, -0.2) is 0 Å². The molecular formula is C10H9NO2. The molecule has 0 radical (unpaired) electrons. The van der Waals surface area contributed by atoms with Gasteiger partial charge in [0.15, 0.2) is 5.78 Å². The molecule has 66 valence electrons. The Morgan fingerprint density at radius 3 is 3.00 bits per heavy atom. The van der Waals surface area contributed by atoms with E-state index >= 15 is 0 Å². The van der Waals surface area contributed by atoms with Crippen LogP contribution in [0, 0.1) is 6.92 Å². The number of hydrogen-bond acceptors (Lipinski definition) is 3. The van der Waals surface area contributed by atoms with E-state index < -0.39 is 0 Å². The third-order valence-corrected chi connectivity index (χ3v) is 2.00. The SMILES string of the molecule is CC(=O)c1nccc2occ(C)c12. The first-order valence-electron chi connectivity index (χ1n) is 4.04. The minimum atomic E-state index is -0.0323. The third kappa shape index (κ3) is 1.13. The molecule has 0 N–H and O–H groups in total. The molecule has 13 heavy (non-hydrogen) atoms. The number of aryl methyl sites for hydroxylation is 1. The highest BCUT2D eigenvalue weighted by molar-refractivity contribution is 6.05. The first-order chi connectivity index (χ1) is 6.20. The Kier molecular flexibility index (Phi) is 1.65. The Morgan fingerprint density at radius 1 is 1.54 bits per heavy atom. The molecule has 0 aliphatic carbocycles. The van der Waals surface area contributed by atoms with E-state index in [-0.39, 0.29) is 5.78 Å². The Hall–Kier alpha value is -1.64. The third-order valence-electron chi connectivity index (χ3n) is 2.00. The van der Waals surface area contributed by atoms with Gasteiger partial charge in [0.25, 0.3) is 0 Å². The van der Waals surface area contributed by atoms with Gasteiger partial charge >= 0.3 is 0 Å². The highest BCUT2D eigenvalue weighted by Crippen LogP contribution is 2.22. The lowest BCUT2D eigenvalue weighted by atomic mass is 10.1. The van der Waals surface area contributed by atoms with E-state index in [1.165, 1.54) is 6.92 Å². The van der Waals surface area contributed by atoms with Gasteiger partial charge in [0, 0.05) is 13.1 Å². The van der Waals surface area contributed by atoms with E-state index in [4.69, 9.17) is 4.42 Å². The molecule has 0 saturated carbocycles. The van der Waals surface area contributed by atoms with Crippen molar-refractivity contribution in [2.75, 3.05) is 0 Å². The van der Waals surface area contributed by atoms with Crippen LogP contribution in [0.25, 0.3) is 11.0 Å². The molecule has 0 aromatic carbocycles. The maximum absolute atomic E-state index is 11.2. The molecule has 0 aliphatic heterocycles. The molecule has 0 amide bonds. The minimum Gasteiger partial charge on any atom is -0.464 e. The highest BCUT2D eigenvalue weighted by Gasteiger charge is 2.11. The molecule has 2 aromatic heterocycles. The van der Waals surface area contributed by atoms with Crippen LogP contribution >= 0.6 is 0 Å². The topological polar surface area (TPSA) is 43.1 Å². The van der Waals surface area contributed by atoms with E-state index in [1.54, 1.807) is 18.5 Å². The van der Waals surface area contributed by atoms with Crippen molar-refractivity contribution < 1.29 is 9.21 Å². The zero-order valence-electron chi connectivity index (χ0n) is 7.50. The summed E-state index contributed by atoms with van der Waals surface area (Å²) in [6, 6.07) is 1.76. The van der Waals surface area contributed by atoms with Crippen molar-refractivity contribution in [3.05, 3.63) is 29.8 Å². The lowest BCUT2D eigenvalue weighted by Gasteiger charge is -1.96. The number of carbonyl (C=O) groups is 1. The zero-order chi connectivity index (χ0) is 9.42. The second-order valence-electron chi connectivity index (χ2n) is 3.01. The van der Waals surface area contributed by atoms with Crippen LogP contribution in [0.15, 0.2) is 22.9 Å². The van der Waals surface area contributed by atoms with Crippen LogP contribution in [0.4, 0.5) is 0 Å². The summed E-state index contributed by atoms with van der Waals surface area (Å²) in [7, 11) is 0. The number of hydrogen-bond donors (Lipinski definition) is 0. The van der Waals surface area contributed by atoms with Crippen LogP contribution in [0.5, 0.6) is 0 Å². The number of ketones is 1. The second-order valence-corrected chi connectivity index (χ2v) is 3.01. The van der Waals surface area contributed by atoms with Crippen molar-refractivity contribution in [3.8, 4) is 0 Å². The van der Waals surface area contributed by atoms with Crippen molar-refractivity contribution in [2.45, 2.75) is 13.8 Å². The highest BCUT2D eigenvalue weighted by atomic mass is 16.3. The van der Waals surface area contributed by atoms with Crippen molar-refractivity contribution in [2.24, 2.45) is 0 Å². The van der Waals surface area contributed by atoms with Crippen molar-refractivity contribution in [1.29, 1.82) is 0 Å². The Morgan fingerprint density at radius 2 is 2.31 bits per heavy atom. The van der Waals surface area contributed by atoms with Crippen LogP contribution in [-0.2, 0) is 0 Å². The van der Waals surface area contributed by atoms with E-state index in [9.17, 15) is 4.79 Å². The van der Waals surface area contributed by atoms with Crippen LogP contribution in [0.3, 0.4) is 0 Å². The van der Waals surface area contributed by atoms with E-state index in [2.05, 4.69) is 4.98 Å². The van der Waals surface area contributed by atoms with Gasteiger partial charge in [-0.1, -0.05) is 0 Å². The molecule has 0 unspecified atom stereocenters. The number of rotatable bonds is 1. The maximum atomic E-state index is 11.2. The molecule has 3 heteroatoms. The summed E-state index contributed by atoms with van der Waals surface area (Å²) in [4.78, 5) is 15.2. The van der Waals surface area contributed by atoms with Gasteiger partial charge in [-0.05, 0) is 18.6 Å². The number of fused-ring (bicyclic) bond motifs is 1. The molecule has 0 spiro atoms. The summed E-state index contributed by atoms with van der Waals surface area (Å²) in [6.07, 6.45) is 3.22. The summed E-state index contributed by atoms with van der Waals surface area (Å²) in [5.41, 5.74) is 2.16. The molecule has 0 fully saturated rings. The fourth-order valence-electron chi connectivity index (χ4n) is 1.40. The quantitative estimate of drug-likeness (QED) is 0.625. The van der Waals surface area contributed by atoms with Gasteiger partial charge in [0.05, 0.1) is 11.6 Å². The molecule has 2 aromatic rings. The van der Waals surface area contributed by atoms with Gasteiger partial charge in [-0.3, -0.25) is 9.78 Å². The molecule has 2 heterocycles. The van der Waals surface area contributed by atoms with Crippen LogP contribution in [0.1, 0.15) is 23.0 Å². The number of carbonyl (C=O) groups excluding carboxylic acids is 1. The van der Waals surface area contributed by atoms with Crippen molar-refractivity contribution >= 4 is 16.8 Å². The Bertz CT molecular complexity index is 471. The second kappa shape index (κ2) is 2.69. The van der Waals surface area contributed by atoms with Crippen LogP contribution in [-0.4, -0.2) is 10.8 Å². The van der Waals surface area contributed by atoms with Crippen LogP contribution < -0.4 is 0 Å². The lowest BCUT2D eigenvalue weighted by Crippen LogP contribution is -1.96. The molecule has 3 nitrogen and oxygen atoms in total. The number of furan rings is 1. The fraction of sp³-hybridized carbons (Fsp3) is 0.200. The van der Waals surface area contributed by atoms with Crippen LogP contribution in [0.2, 0.25) is 0 Å². The number of Topliss-reactive ketones (excluding diaryl/α,β-unsaturated/α-hetero) is 1. The molecule has 0 bridgehead atoms. The lowest BCUT2D eigenvalue weighted by molar-refractivity contribution is 0.101. The monoisotopic (exact) mass is 175 g/mol. The van der Waals surface area contributed by atoms with Crippen molar-refractivity contribution in [3.63, 3.8) is 0 Å². The first kappa shape index (κ1) is 7.98. The molecule has 0 atom stereocenters. The van der Waals surface area contributed by atoms with E-state index in [0.29, 0.717) is 5.69 Å². The predicted octanol–water partition coefficient (Wildman–Crippen LogP) is 2.34. The Balaban J connectivity index is 2.88. The average Bonchev–Trinajstić information content (AvgIpc) is 2.48. The zero-order valence-corrected chi connectivity index (χ0v) is 7.50. The fourth-order valence-corrected chi connectivity index (χ4v) is 1.40. The van der Waals surface area contributed by atoms with Gasteiger partial charge in [-0.15, -0.1) is 0 Å². The van der Waals surface area contributed by atoms with Gasteiger partial charge in [0.1, 0.15) is 11.3 Å². The summed E-state index contributed by atoms with van der Waals surface area (Å²) >= 11 is 0. The van der Waals surface area contributed by atoms with E-state index in [0.717, 1.165) is 16.5 Å². The largest absolute Gasteiger partial charge is 0.464 e. The van der Waals surface area contributed by atoms with Gasteiger partial charge in [-0.2, -0.15) is 0 Å². The Labute approximate surface area is 75.4 Å². The number of aromatic nitrogens is 1. The molecule has 0 aliphatic rings. The maximum Gasteiger partial charge on any atom is 0.178 e. The standard InChI is InChI=1S/C10H9NO2/c1-6-5-13-8-3-4-11-10(7(2)12)9(6)8/h3-5H,1-2H3. The minimum absolute atomic E-state index is 0.0323. The number of pyridine rings is 1. The molecular weight excluding hydrogens is 166 g/mol. The normalized spacial score (nSPS) is 10.6. The summed E-state index contributed by atoms with van der Waals surface area (Å²) < 4.78 is 5.25. The average molecular weight is 175 g/mol.